The van der Waals surface area contributed by atoms with E-state index in [1.165, 1.54) is 19.3 Å². The molecule has 1 amide bonds. The number of aryl methyl sites for hydroxylation is 2. The fourth-order valence-electron chi connectivity index (χ4n) is 3.47. The maximum absolute atomic E-state index is 12.4. The molecular weight excluding hydrogens is 330 g/mol. The quantitative estimate of drug-likeness (QED) is 0.754. The number of hydrogen-bond acceptors (Lipinski definition) is 5. The normalized spacial score (nSPS) is 14.2. The zero-order valence-electron chi connectivity index (χ0n) is 15.0. The van der Waals surface area contributed by atoms with Gasteiger partial charge in [0.25, 0.3) is 5.91 Å². The Kier molecular flexibility index (Phi) is 4.64. The number of amides is 1. The van der Waals surface area contributed by atoms with Gasteiger partial charge in [-0.15, -0.1) is 15.3 Å². The molecule has 1 aromatic carbocycles. The van der Waals surface area contributed by atoms with Gasteiger partial charge in [0.1, 0.15) is 17.2 Å². The summed E-state index contributed by atoms with van der Waals surface area (Å²) in [6.45, 7) is 4.29. The summed E-state index contributed by atoms with van der Waals surface area (Å²) in [7, 11) is 0. The van der Waals surface area contributed by atoms with E-state index in [-0.39, 0.29) is 5.91 Å². The van der Waals surface area contributed by atoms with Crippen LogP contribution in [0.15, 0.2) is 18.2 Å². The van der Waals surface area contributed by atoms with Crippen molar-refractivity contribution in [3.05, 3.63) is 35.4 Å². The third kappa shape index (κ3) is 3.18. The number of nitrogens with zero attached hydrogens (tertiary/aromatic N) is 6. The van der Waals surface area contributed by atoms with Crippen molar-refractivity contribution in [2.45, 2.75) is 52.1 Å². The lowest BCUT2D eigenvalue weighted by atomic mass is 10.2. The number of benzene rings is 1. The van der Waals surface area contributed by atoms with E-state index in [1.807, 2.05) is 23.7 Å². The van der Waals surface area contributed by atoms with Gasteiger partial charge in [-0.1, -0.05) is 11.6 Å². The van der Waals surface area contributed by atoms with Gasteiger partial charge in [-0.25, -0.2) is 4.68 Å². The first-order chi connectivity index (χ1) is 12.8. The van der Waals surface area contributed by atoms with Crippen LogP contribution in [0.4, 0.5) is 0 Å². The van der Waals surface area contributed by atoms with Crippen molar-refractivity contribution in [3.63, 3.8) is 0 Å². The van der Waals surface area contributed by atoms with Crippen LogP contribution < -0.4 is 5.32 Å². The van der Waals surface area contributed by atoms with Gasteiger partial charge in [-0.05, 0) is 38.0 Å². The highest BCUT2D eigenvalue weighted by molar-refractivity contribution is 5.97. The lowest BCUT2D eigenvalue weighted by Gasteiger charge is -2.08. The molecule has 8 nitrogen and oxygen atoms in total. The van der Waals surface area contributed by atoms with Crippen molar-refractivity contribution in [1.29, 1.82) is 0 Å². The Labute approximate surface area is 151 Å². The third-order valence-electron chi connectivity index (χ3n) is 4.90. The molecule has 0 aliphatic carbocycles. The second-order valence-electron chi connectivity index (χ2n) is 6.61. The Balaban J connectivity index is 1.39. The van der Waals surface area contributed by atoms with E-state index in [0.29, 0.717) is 18.5 Å². The Hall–Kier alpha value is -2.77. The molecule has 0 saturated carbocycles. The molecule has 0 atom stereocenters. The minimum Gasteiger partial charge on any atom is -0.352 e. The molecule has 0 unspecified atom stereocenters. The molecule has 3 heterocycles. The topological polar surface area (TPSA) is 90.5 Å². The molecular formula is C18H23N7O. The Morgan fingerprint density at radius 3 is 3.00 bits per heavy atom. The Morgan fingerprint density at radius 2 is 2.12 bits per heavy atom. The molecule has 1 N–H and O–H groups in total. The van der Waals surface area contributed by atoms with Crippen LogP contribution in [0.5, 0.6) is 0 Å². The summed E-state index contributed by atoms with van der Waals surface area (Å²) in [5, 5.41) is 19.8. The summed E-state index contributed by atoms with van der Waals surface area (Å²) in [5.41, 5.74) is 2.28. The highest BCUT2D eigenvalue weighted by Gasteiger charge is 2.15. The molecule has 0 bridgehead atoms. The summed E-state index contributed by atoms with van der Waals surface area (Å²) in [5.74, 6) is 1.94. The van der Waals surface area contributed by atoms with E-state index < -0.39 is 0 Å². The van der Waals surface area contributed by atoms with E-state index in [2.05, 4.69) is 30.4 Å². The van der Waals surface area contributed by atoms with E-state index >= 15 is 0 Å². The minimum absolute atomic E-state index is 0.103. The van der Waals surface area contributed by atoms with E-state index in [9.17, 15) is 4.79 Å². The highest BCUT2D eigenvalue weighted by Crippen LogP contribution is 2.15. The molecule has 0 spiro atoms. The van der Waals surface area contributed by atoms with Crippen LogP contribution >= 0.6 is 0 Å². The van der Waals surface area contributed by atoms with Crippen LogP contribution in [0.25, 0.3) is 11.0 Å². The van der Waals surface area contributed by atoms with Gasteiger partial charge in [0.2, 0.25) is 0 Å². The number of aromatic nitrogens is 6. The largest absolute Gasteiger partial charge is 0.352 e. The lowest BCUT2D eigenvalue weighted by molar-refractivity contribution is 0.0954. The maximum Gasteiger partial charge on any atom is 0.251 e. The van der Waals surface area contributed by atoms with Crippen molar-refractivity contribution in [3.8, 4) is 0 Å². The molecule has 1 aliphatic heterocycles. The summed E-state index contributed by atoms with van der Waals surface area (Å²) in [6.07, 6.45) is 5.28. The van der Waals surface area contributed by atoms with Crippen LogP contribution in [0.2, 0.25) is 0 Å². The fraction of sp³-hybridized carbons (Fsp3) is 0.500. The minimum atomic E-state index is -0.103. The maximum atomic E-state index is 12.4. The van der Waals surface area contributed by atoms with Gasteiger partial charge >= 0.3 is 0 Å². The number of carbonyl (C=O) groups is 1. The Bertz CT molecular complexity index is 927. The van der Waals surface area contributed by atoms with E-state index in [0.717, 1.165) is 42.2 Å². The summed E-state index contributed by atoms with van der Waals surface area (Å²) < 4.78 is 4.03. The monoisotopic (exact) mass is 353 g/mol. The first kappa shape index (κ1) is 16.7. The summed E-state index contributed by atoms with van der Waals surface area (Å²) in [4.78, 5) is 12.4. The summed E-state index contributed by atoms with van der Waals surface area (Å²) >= 11 is 0. The molecule has 0 saturated heterocycles. The van der Waals surface area contributed by atoms with Gasteiger partial charge in [-0.3, -0.25) is 4.79 Å². The van der Waals surface area contributed by atoms with Crippen molar-refractivity contribution in [2.24, 2.45) is 0 Å². The molecule has 1 aliphatic rings. The number of fused-ring (bicyclic) bond motifs is 2. The summed E-state index contributed by atoms with van der Waals surface area (Å²) in [6, 6.07) is 5.50. The molecule has 0 radical (unpaired) electrons. The van der Waals surface area contributed by atoms with Crippen molar-refractivity contribution >= 4 is 16.9 Å². The molecule has 2 aromatic heterocycles. The number of nitrogens with one attached hydrogen (secondary N) is 1. The fourth-order valence-corrected chi connectivity index (χ4v) is 3.47. The number of hydrogen-bond donors (Lipinski definition) is 1. The predicted octanol–water partition coefficient (Wildman–Crippen LogP) is 1.74. The van der Waals surface area contributed by atoms with Gasteiger partial charge in [0.15, 0.2) is 0 Å². The molecule has 8 heteroatoms. The molecule has 26 heavy (non-hydrogen) atoms. The number of rotatable bonds is 5. The molecule has 136 valence electrons. The third-order valence-corrected chi connectivity index (χ3v) is 4.90. The zero-order valence-corrected chi connectivity index (χ0v) is 15.0. The van der Waals surface area contributed by atoms with Gasteiger partial charge in [0, 0.05) is 38.0 Å². The van der Waals surface area contributed by atoms with E-state index in [1.54, 1.807) is 6.07 Å². The smallest absolute Gasteiger partial charge is 0.251 e. The standard InChI is InChI=1S/C18H23N7O/c1-2-25-15-8-7-13(12-14(15)20-23-25)18(26)19-10-9-17-22-21-16-6-4-3-5-11-24(16)17/h7-8,12H,2-6,9-11H2,1H3,(H,19,26). The van der Waals surface area contributed by atoms with Crippen molar-refractivity contribution < 1.29 is 4.79 Å². The van der Waals surface area contributed by atoms with E-state index in [4.69, 9.17) is 0 Å². The van der Waals surface area contributed by atoms with Crippen LogP contribution in [-0.4, -0.2) is 42.2 Å². The predicted molar refractivity (Wildman–Crippen MR) is 96.8 cm³/mol. The lowest BCUT2D eigenvalue weighted by Crippen LogP contribution is -2.26. The second kappa shape index (κ2) is 7.23. The SMILES string of the molecule is CCn1nnc2cc(C(=O)NCCc3nnc4n3CCCCC4)ccc21. The number of carbonyl (C=O) groups excluding carboxylic acids is 1. The second-order valence-corrected chi connectivity index (χ2v) is 6.61. The molecule has 4 rings (SSSR count). The molecule has 0 fully saturated rings. The van der Waals surface area contributed by atoms with Crippen LogP contribution in [-0.2, 0) is 25.9 Å². The van der Waals surface area contributed by atoms with Crippen molar-refractivity contribution in [1.82, 2.24) is 35.1 Å². The van der Waals surface area contributed by atoms with Gasteiger partial charge in [0.05, 0.1) is 5.52 Å². The first-order valence-corrected chi connectivity index (χ1v) is 9.28. The molecule has 3 aromatic rings. The van der Waals surface area contributed by atoms with Crippen LogP contribution in [0.3, 0.4) is 0 Å². The van der Waals surface area contributed by atoms with Gasteiger partial charge in [-0.2, -0.15) is 0 Å². The highest BCUT2D eigenvalue weighted by atomic mass is 16.1. The average molecular weight is 353 g/mol. The van der Waals surface area contributed by atoms with Crippen LogP contribution in [0, 0.1) is 0 Å². The first-order valence-electron chi connectivity index (χ1n) is 9.28. The van der Waals surface area contributed by atoms with Crippen molar-refractivity contribution in [2.75, 3.05) is 6.54 Å². The van der Waals surface area contributed by atoms with Gasteiger partial charge < -0.3 is 9.88 Å². The van der Waals surface area contributed by atoms with Crippen LogP contribution in [0.1, 0.15) is 48.2 Å². The average Bonchev–Trinajstić information content (AvgIpc) is 3.17. The Morgan fingerprint density at radius 1 is 1.19 bits per heavy atom. The zero-order chi connectivity index (χ0) is 17.9.